The number of halogens is 1. The second kappa shape index (κ2) is 5.02. The molecule has 0 atom stereocenters. The minimum absolute atomic E-state index is 0.0201. The van der Waals surface area contributed by atoms with E-state index in [0.29, 0.717) is 33.7 Å². The SMILES string of the molecule is CC1(c2nc3cc(C#Cc4[nH]nc5ncnc(N)c45)c(F)cc3o2)CC1. The number of nitrogens with one attached hydrogen (secondary N) is 1. The molecule has 1 aliphatic rings. The van der Waals surface area contributed by atoms with Gasteiger partial charge in [0.15, 0.2) is 11.2 Å². The fraction of sp³-hybridized carbons (Fsp3) is 0.222. The molecule has 3 heterocycles. The van der Waals surface area contributed by atoms with E-state index in [1.54, 1.807) is 6.07 Å². The zero-order valence-electron chi connectivity index (χ0n) is 13.8. The van der Waals surface area contributed by atoms with Crippen LogP contribution in [0.5, 0.6) is 0 Å². The Morgan fingerprint density at radius 2 is 2.12 bits per heavy atom. The average Bonchev–Trinajstić information content (AvgIpc) is 3.05. The number of anilines is 1. The summed E-state index contributed by atoms with van der Waals surface area (Å²) in [5, 5.41) is 7.29. The quantitative estimate of drug-likeness (QED) is 0.512. The number of H-pyrrole nitrogens is 1. The van der Waals surface area contributed by atoms with Crippen LogP contribution >= 0.6 is 0 Å². The molecule has 0 radical (unpaired) electrons. The highest BCUT2D eigenvalue weighted by Crippen LogP contribution is 2.47. The van der Waals surface area contributed by atoms with Gasteiger partial charge in [0, 0.05) is 11.5 Å². The molecule has 0 bridgehead atoms. The van der Waals surface area contributed by atoms with Crippen LogP contribution < -0.4 is 5.73 Å². The summed E-state index contributed by atoms with van der Waals surface area (Å²) in [7, 11) is 0. The number of aromatic amines is 1. The Kier molecular flexibility index (Phi) is 2.86. The van der Waals surface area contributed by atoms with Gasteiger partial charge in [-0.25, -0.2) is 19.3 Å². The Labute approximate surface area is 146 Å². The summed E-state index contributed by atoms with van der Waals surface area (Å²) in [6.45, 7) is 2.09. The maximum absolute atomic E-state index is 14.4. The Hall–Kier alpha value is -3.47. The highest BCUT2D eigenvalue weighted by Gasteiger charge is 2.43. The number of hydrogen-bond acceptors (Lipinski definition) is 6. The summed E-state index contributed by atoms with van der Waals surface area (Å²) in [5.41, 5.74) is 7.92. The van der Waals surface area contributed by atoms with Crippen LogP contribution in [-0.4, -0.2) is 25.1 Å². The first kappa shape index (κ1) is 14.8. The third-order valence-corrected chi connectivity index (χ3v) is 4.70. The van der Waals surface area contributed by atoms with E-state index in [4.69, 9.17) is 10.2 Å². The summed E-state index contributed by atoms with van der Waals surface area (Å²) in [5.74, 6) is 6.10. The van der Waals surface area contributed by atoms with Crippen molar-refractivity contribution in [3.63, 3.8) is 0 Å². The fourth-order valence-corrected chi connectivity index (χ4v) is 2.80. The number of nitrogens with two attached hydrogens (primary N) is 1. The smallest absolute Gasteiger partial charge is 0.201 e. The predicted octanol–water partition coefficient (Wildman–Crippen LogP) is 2.67. The average molecular weight is 348 g/mol. The van der Waals surface area contributed by atoms with Crippen LogP contribution in [0.15, 0.2) is 22.9 Å². The minimum atomic E-state index is -0.471. The van der Waals surface area contributed by atoms with Crippen LogP contribution in [0.25, 0.3) is 22.1 Å². The molecule has 0 saturated heterocycles. The van der Waals surface area contributed by atoms with Crippen molar-refractivity contribution in [1.82, 2.24) is 25.1 Å². The number of nitrogens with zero attached hydrogens (tertiary/aromatic N) is 4. The molecule has 1 saturated carbocycles. The third kappa shape index (κ3) is 2.21. The van der Waals surface area contributed by atoms with Crippen LogP contribution in [-0.2, 0) is 5.41 Å². The molecular formula is C18H13FN6O. The van der Waals surface area contributed by atoms with Crippen molar-refractivity contribution in [2.45, 2.75) is 25.2 Å². The molecule has 128 valence electrons. The topological polar surface area (TPSA) is 107 Å². The maximum Gasteiger partial charge on any atom is 0.201 e. The molecule has 1 aliphatic carbocycles. The molecule has 0 amide bonds. The lowest BCUT2D eigenvalue weighted by Crippen LogP contribution is -1.98. The van der Waals surface area contributed by atoms with Gasteiger partial charge < -0.3 is 10.2 Å². The number of hydrogen-bond donors (Lipinski definition) is 2. The number of fused-ring (bicyclic) bond motifs is 2. The van der Waals surface area contributed by atoms with E-state index in [1.807, 2.05) is 0 Å². The minimum Gasteiger partial charge on any atom is -0.440 e. The number of nitrogen functional groups attached to an aromatic ring is 1. The zero-order valence-corrected chi connectivity index (χ0v) is 13.8. The second-order valence-corrected chi connectivity index (χ2v) is 6.69. The van der Waals surface area contributed by atoms with Gasteiger partial charge in [0.05, 0.1) is 10.9 Å². The van der Waals surface area contributed by atoms with Gasteiger partial charge in [-0.3, -0.25) is 5.10 Å². The van der Waals surface area contributed by atoms with Crippen LogP contribution in [0.2, 0.25) is 0 Å². The second-order valence-electron chi connectivity index (χ2n) is 6.69. The Balaban J connectivity index is 1.59. The van der Waals surface area contributed by atoms with Gasteiger partial charge in [-0.15, -0.1) is 0 Å². The van der Waals surface area contributed by atoms with Crippen molar-refractivity contribution in [2.75, 3.05) is 5.73 Å². The van der Waals surface area contributed by atoms with Crippen LogP contribution in [0.4, 0.5) is 10.2 Å². The van der Waals surface area contributed by atoms with Crippen LogP contribution in [0.3, 0.4) is 0 Å². The van der Waals surface area contributed by atoms with Crippen molar-refractivity contribution in [1.29, 1.82) is 0 Å². The molecule has 3 N–H and O–H groups in total. The molecule has 0 aliphatic heterocycles. The summed E-state index contributed by atoms with van der Waals surface area (Å²) in [4.78, 5) is 12.4. The molecule has 5 rings (SSSR count). The van der Waals surface area contributed by atoms with Gasteiger partial charge in [-0.2, -0.15) is 5.10 Å². The molecule has 4 aromatic rings. The molecule has 1 fully saturated rings. The predicted molar refractivity (Wildman–Crippen MR) is 92.6 cm³/mol. The summed E-state index contributed by atoms with van der Waals surface area (Å²) in [6, 6.07) is 2.92. The van der Waals surface area contributed by atoms with Crippen LogP contribution in [0.1, 0.15) is 36.9 Å². The molecule has 8 heteroatoms. The van der Waals surface area contributed by atoms with E-state index in [9.17, 15) is 4.39 Å². The van der Waals surface area contributed by atoms with Gasteiger partial charge in [-0.1, -0.05) is 12.8 Å². The lowest BCUT2D eigenvalue weighted by atomic mass is 10.1. The number of rotatable bonds is 1. The fourth-order valence-electron chi connectivity index (χ4n) is 2.80. The van der Waals surface area contributed by atoms with Crippen LogP contribution in [0, 0.1) is 17.7 Å². The Morgan fingerprint density at radius 1 is 1.27 bits per heavy atom. The van der Waals surface area contributed by atoms with E-state index in [0.717, 1.165) is 12.8 Å². The van der Waals surface area contributed by atoms with Crippen molar-refractivity contribution in [3.8, 4) is 11.8 Å². The van der Waals surface area contributed by atoms with Crippen molar-refractivity contribution in [3.05, 3.63) is 41.4 Å². The van der Waals surface area contributed by atoms with E-state index in [-0.39, 0.29) is 16.8 Å². The zero-order chi connectivity index (χ0) is 17.9. The number of aromatic nitrogens is 5. The first-order valence-corrected chi connectivity index (χ1v) is 8.11. The first-order valence-electron chi connectivity index (χ1n) is 8.11. The Bertz CT molecular complexity index is 1240. The molecule has 7 nitrogen and oxygen atoms in total. The van der Waals surface area contributed by atoms with Gasteiger partial charge in [0.25, 0.3) is 0 Å². The van der Waals surface area contributed by atoms with Gasteiger partial charge >= 0.3 is 0 Å². The van der Waals surface area contributed by atoms with E-state index >= 15 is 0 Å². The van der Waals surface area contributed by atoms with Gasteiger partial charge in [0.1, 0.15) is 29.2 Å². The monoisotopic (exact) mass is 348 g/mol. The Morgan fingerprint density at radius 3 is 2.92 bits per heavy atom. The highest BCUT2D eigenvalue weighted by atomic mass is 19.1. The molecule has 1 aromatic carbocycles. The normalized spacial score (nSPS) is 15.2. The largest absolute Gasteiger partial charge is 0.440 e. The maximum atomic E-state index is 14.4. The first-order chi connectivity index (χ1) is 12.5. The standard InChI is InChI=1S/C18H13FN6O/c1-18(4-5-18)17-23-12-6-9(10(19)7-13(12)26-17)2-3-11-14-15(20)21-8-22-16(14)25-24-11/h6-8H,4-5H2,1H3,(H3,20,21,22,24,25). The molecule has 0 spiro atoms. The lowest BCUT2D eigenvalue weighted by Gasteiger charge is -1.98. The van der Waals surface area contributed by atoms with Crippen molar-refractivity contribution < 1.29 is 8.81 Å². The van der Waals surface area contributed by atoms with E-state index in [1.165, 1.54) is 12.4 Å². The number of oxazole rings is 1. The highest BCUT2D eigenvalue weighted by molar-refractivity contribution is 5.90. The molecule has 26 heavy (non-hydrogen) atoms. The van der Waals surface area contributed by atoms with Gasteiger partial charge in [-0.05, 0) is 24.8 Å². The lowest BCUT2D eigenvalue weighted by molar-refractivity contribution is 0.475. The molecule has 3 aromatic heterocycles. The van der Waals surface area contributed by atoms with Crippen molar-refractivity contribution >= 4 is 28.0 Å². The number of benzene rings is 1. The third-order valence-electron chi connectivity index (χ3n) is 4.70. The molecular weight excluding hydrogens is 335 g/mol. The van der Waals surface area contributed by atoms with E-state index in [2.05, 4.69) is 43.9 Å². The summed E-state index contributed by atoms with van der Waals surface area (Å²) >= 11 is 0. The molecule has 0 unspecified atom stereocenters. The van der Waals surface area contributed by atoms with Crippen molar-refractivity contribution in [2.24, 2.45) is 0 Å². The summed E-state index contributed by atoms with van der Waals surface area (Å²) < 4.78 is 20.1. The summed E-state index contributed by atoms with van der Waals surface area (Å²) in [6.07, 6.45) is 3.39. The van der Waals surface area contributed by atoms with E-state index < -0.39 is 5.82 Å². The van der Waals surface area contributed by atoms with Gasteiger partial charge in [0.2, 0.25) is 5.89 Å².